The molecule has 0 saturated carbocycles. The van der Waals surface area contributed by atoms with Gasteiger partial charge in [0.2, 0.25) is 5.91 Å². The summed E-state index contributed by atoms with van der Waals surface area (Å²) in [6, 6.07) is 18.7. The largest absolute Gasteiger partial charge is 0.497 e. The van der Waals surface area contributed by atoms with Crippen LogP contribution in [0.5, 0.6) is 5.75 Å². The number of nitrogens with zero attached hydrogens (tertiary/aromatic N) is 3. The summed E-state index contributed by atoms with van der Waals surface area (Å²) in [6.45, 7) is 5.56. The number of methoxy groups -OCH3 is 1. The van der Waals surface area contributed by atoms with Gasteiger partial charge in [-0.3, -0.25) is 19.6 Å². The van der Waals surface area contributed by atoms with Gasteiger partial charge in [0.15, 0.2) is 0 Å². The van der Waals surface area contributed by atoms with E-state index in [1.165, 1.54) is 37.9 Å². The summed E-state index contributed by atoms with van der Waals surface area (Å²) in [5, 5.41) is 4.15. The molecule has 184 valence electrons. The van der Waals surface area contributed by atoms with Crippen LogP contribution in [0.25, 0.3) is 10.9 Å². The van der Waals surface area contributed by atoms with Crippen molar-refractivity contribution in [3.63, 3.8) is 0 Å². The Kier molecular flexibility index (Phi) is 7.60. The molecule has 6 nitrogen and oxygen atoms in total. The number of carbonyl (C=O) groups excluding carboxylic acids is 1. The van der Waals surface area contributed by atoms with Crippen LogP contribution in [0.2, 0.25) is 0 Å². The standard InChI is InChI=1S/C29H36N4O2/c1-35-27-10-6-22(7-11-27)23-13-17-33(18-14-23)21-29(34)31-25-9-12-28-24(19-25)5-8-26(30-28)20-32-15-3-2-4-16-32/h5-12,19,23H,2-4,13-18,20-21H2,1H3,(H,31,34). The predicted molar refractivity (Wildman–Crippen MR) is 141 cm³/mol. The number of fused-ring (bicyclic) bond motifs is 1. The lowest BCUT2D eigenvalue weighted by molar-refractivity contribution is -0.117. The predicted octanol–water partition coefficient (Wildman–Crippen LogP) is 5.05. The van der Waals surface area contributed by atoms with E-state index in [4.69, 9.17) is 9.72 Å². The molecular formula is C29H36N4O2. The van der Waals surface area contributed by atoms with Crippen molar-refractivity contribution >= 4 is 22.5 Å². The smallest absolute Gasteiger partial charge is 0.238 e. The minimum Gasteiger partial charge on any atom is -0.497 e. The number of anilines is 1. The van der Waals surface area contributed by atoms with Crippen LogP contribution in [-0.2, 0) is 11.3 Å². The number of benzene rings is 2. The Hall–Kier alpha value is -2.96. The van der Waals surface area contributed by atoms with Gasteiger partial charge in [-0.05, 0) is 99.7 Å². The fraction of sp³-hybridized carbons (Fsp3) is 0.448. The summed E-state index contributed by atoms with van der Waals surface area (Å²) in [6.07, 6.45) is 6.06. The van der Waals surface area contributed by atoms with Gasteiger partial charge in [0.1, 0.15) is 5.75 Å². The normalized spacial score (nSPS) is 18.0. The SMILES string of the molecule is COc1ccc(C2CCN(CC(=O)Nc3ccc4nc(CN5CCCCC5)ccc4c3)CC2)cc1. The number of hydrogen-bond acceptors (Lipinski definition) is 5. The average Bonchev–Trinajstić information content (AvgIpc) is 2.90. The minimum atomic E-state index is 0.0434. The lowest BCUT2D eigenvalue weighted by Crippen LogP contribution is -2.38. The summed E-state index contributed by atoms with van der Waals surface area (Å²) in [5.74, 6) is 1.49. The highest BCUT2D eigenvalue weighted by Gasteiger charge is 2.22. The maximum Gasteiger partial charge on any atom is 0.238 e. The molecule has 2 aromatic carbocycles. The lowest BCUT2D eigenvalue weighted by atomic mass is 9.89. The van der Waals surface area contributed by atoms with Crippen molar-refractivity contribution in [3.05, 3.63) is 65.9 Å². The number of carbonyl (C=O) groups is 1. The van der Waals surface area contributed by atoms with Crippen LogP contribution in [0.3, 0.4) is 0 Å². The van der Waals surface area contributed by atoms with Crippen molar-refractivity contribution in [3.8, 4) is 5.75 Å². The number of pyridine rings is 1. The van der Waals surface area contributed by atoms with Crippen LogP contribution in [0.4, 0.5) is 5.69 Å². The molecule has 1 N–H and O–H groups in total. The minimum absolute atomic E-state index is 0.0434. The quantitative estimate of drug-likeness (QED) is 0.522. The number of hydrogen-bond donors (Lipinski definition) is 1. The Morgan fingerprint density at radius 2 is 1.71 bits per heavy atom. The molecule has 1 aromatic heterocycles. The van der Waals surface area contributed by atoms with E-state index < -0.39 is 0 Å². The van der Waals surface area contributed by atoms with E-state index in [1.54, 1.807) is 7.11 Å². The molecule has 2 aliphatic rings. The first kappa shape index (κ1) is 23.8. The Morgan fingerprint density at radius 1 is 0.943 bits per heavy atom. The summed E-state index contributed by atoms with van der Waals surface area (Å²) in [4.78, 5) is 22.3. The van der Waals surface area contributed by atoms with Crippen molar-refractivity contribution in [1.82, 2.24) is 14.8 Å². The van der Waals surface area contributed by atoms with Gasteiger partial charge in [-0.2, -0.15) is 0 Å². The summed E-state index contributed by atoms with van der Waals surface area (Å²) in [7, 11) is 1.69. The van der Waals surface area contributed by atoms with Crippen LogP contribution in [-0.4, -0.2) is 60.5 Å². The van der Waals surface area contributed by atoms with Gasteiger partial charge < -0.3 is 10.1 Å². The molecule has 0 radical (unpaired) electrons. The van der Waals surface area contributed by atoms with E-state index in [0.29, 0.717) is 12.5 Å². The number of amides is 1. The first-order chi connectivity index (χ1) is 17.2. The van der Waals surface area contributed by atoms with Gasteiger partial charge >= 0.3 is 0 Å². The zero-order chi connectivity index (χ0) is 24.0. The molecule has 0 spiro atoms. The first-order valence-corrected chi connectivity index (χ1v) is 12.9. The third-order valence-corrected chi connectivity index (χ3v) is 7.41. The number of piperidine rings is 2. The van der Waals surface area contributed by atoms with Crippen LogP contribution in [0, 0.1) is 0 Å². The molecule has 2 saturated heterocycles. The number of rotatable bonds is 7. The summed E-state index contributed by atoms with van der Waals surface area (Å²) >= 11 is 0. The molecule has 1 amide bonds. The van der Waals surface area contributed by atoms with Crippen LogP contribution in [0.15, 0.2) is 54.6 Å². The van der Waals surface area contributed by atoms with Gasteiger partial charge in [0.05, 0.1) is 24.9 Å². The number of aromatic nitrogens is 1. The molecular weight excluding hydrogens is 436 g/mol. The van der Waals surface area contributed by atoms with Gasteiger partial charge in [0.25, 0.3) is 0 Å². The second kappa shape index (κ2) is 11.2. The Balaban J connectivity index is 1.12. The van der Waals surface area contributed by atoms with E-state index in [-0.39, 0.29) is 5.91 Å². The maximum atomic E-state index is 12.7. The Bertz CT molecular complexity index is 1130. The molecule has 0 bridgehead atoms. The van der Waals surface area contributed by atoms with Crippen molar-refractivity contribution in [2.45, 2.75) is 44.6 Å². The third kappa shape index (κ3) is 6.19. The van der Waals surface area contributed by atoms with Crippen molar-refractivity contribution in [1.29, 1.82) is 0 Å². The fourth-order valence-electron chi connectivity index (χ4n) is 5.38. The number of ether oxygens (including phenoxy) is 1. The van der Waals surface area contributed by atoms with E-state index >= 15 is 0 Å². The molecule has 5 rings (SSSR count). The number of likely N-dealkylation sites (tertiary alicyclic amines) is 2. The molecule has 0 atom stereocenters. The zero-order valence-electron chi connectivity index (χ0n) is 20.7. The zero-order valence-corrected chi connectivity index (χ0v) is 20.7. The molecule has 35 heavy (non-hydrogen) atoms. The lowest BCUT2D eigenvalue weighted by Gasteiger charge is -2.31. The summed E-state index contributed by atoms with van der Waals surface area (Å²) < 4.78 is 5.27. The van der Waals surface area contributed by atoms with Gasteiger partial charge in [-0.1, -0.05) is 24.6 Å². The number of nitrogens with one attached hydrogen (secondary N) is 1. The van der Waals surface area contributed by atoms with Crippen LogP contribution < -0.4 is 10.1 Å². The maximum absolute atomic E-state index is 12.7. The molecule has 3 heterocycles. The highest BCUT2D eigenvalue weighted by atomic mass is 16.5. The molecule has 2 aliphatic heterocycles. The van der Waals surface area contributed by atoms with Crippen LogP contribution >= 0.6 is 0 Å². The first-order valence-electron chi connectivity index (χ1n) is 12.9. The molecule has 0 unspecified atom stereocenters. The van der Waals surface area contributed by atoms with Crippen LogP contribution in [0.1, 0.15) is 49.3 Å². The Morgan fingerprint density at radius 3 is 2.46 bits per heavy atom. The van der Waals surface area contributed by atoms with E-state index in [0.717, 1.165) is 60.5 Å². The topological polar surface area (TPSA) is 57.7 Å². The highest BCUT2D eigenvalue weighted by Crippen LogP contribution is 2.29. The second-order valence-electron chi connectivity index (χ2n) is 9.92. The molecule has 0 aliphatic carbocycles. The molecule has 3 aromatic rings. The van der Waals surface area contributed by atoms with Crippen molar-refractivity contribution in [2.24, 2.45) is 0 Å². The van der Waals surface area contributed by atoms with Crippen molar-refractivity contribution < 1.29 is 9.53 Å². The van der Waals surface area contributed by atoms with Crippen molar-refractivity contribution in [2.75, 3.05) is 45.2 Å². The molecule has 6 heteroatoms. The summed E-state index contributed by atoms with van der Waals surface area (Å²) in [5.41, 5.74) is 4.30. The van der Waals surface area contributed by atoms with Gasteiger partial charge in [-0.15, -0.1) is 0 Å². The van der Waals surface area contributed by atoms with E-state index in [2.05, 4.69) is 39.4 Å². The van der Waals surface area contributed by atoms with E-state index in [1.807, 2.05) is 30.3 Å². The Labute approximate surface area is 208 Å². The third-order valence-electron chi connectivity index (χ3n) is 7.41. The monoisotopic (exact) mass is 472 g/mol. The van der Waals surface area contributed by atoms with Gasteiger partial charge in [-0.25, -0.2) is 0 Å². The average molecular weight is 473 g/mol. The highest BCUT2D eigenvalue weighted by molar-refractivity contribution is 5.94. The van der Waals surface area contributed by atoms with Gasteiger partial charge in [0, 0.05) is 17.6 Å². The fourth-order valence-corrected chi connectivity index (χ4v) is 5.38. The van der Waals surface area contributed by atoms with E-state index in [9.17, 15) is 4.79 Å². The molecule has 2 fully saturated rings. The second-order valence-corrected chi connectivity index (χ2v) is 9.92.